The van der Waals surface area contributed by atoms with Crippen molar-refractivity contribution >= 4 is 16.2 Å². The third-order valence-corrected chi connectivity index (χ3v) is 2.67. The van der Waals surface area contributed by atoms with Crippen molar-refractivity contribution in [3.05, 3.63) is 29.8 Å². The number of benzene rings is 1. The molecular weight excluding hydrogens is 216 g/mol. The van der Waals surface area contributed by atoms with Gasteiger partial charge in [-0.25, -0.2) is 8.42 Å². The van der Waals surface area contributed by atoms with Crippen LogP contribution in [0, 0.1) is 0 Å². The fourth-order valence-electron chi connectivity index (χ4n) is 1.18. The van der Waals surface area contributed by atoms with Crippen molar-refractivity contribution in [2.24, 2.45) is 0 Å². The lowest BCUT2D eigenvalue weighted by Crippen LogP contribution is -2.02. The van der Waals surface area contributed by atoms with Gasteiger partial charge in [0.2, 0.25) is 0 Å². The Kier molecular flexibility index (Phi) is 3.49. The highest BCUT2D eigenvalue weighted by Gasteiger charge is 2.09. The van der Waals surface area contributed by atoms with E-state index in [1.807, 2.05) is 0 Å². The smallest absolute Gasteiger partial charge is 0.136 e. The van der Waals surface area contributed by atoms with Crippen LogP contribution in [0.1, 0.15) is 12.5 Å². The molecule has 82 valence electrons. The summed E-state index contributed by atoms with van der Waals surface area (Å²) in [6.07, 6.45) is 3.46. The van der Waals surface area contributed by atoms with Gasteiger partial charge in [0.1, 0.15) is 15.9 Å². The molecule has 0 spiro atoms. The van der Waals surface area contributed by atoms with Gasteiger partial charge >= 0.3 is 0 Å². The minimum Gasteiger partial charge on any atom is -0.744 e. The summed E-state index contributed by atoms with van der Waals surface area (Å²) in [7, 11) is -3.18. The van der Waals surface area contributed by atoms with Gasteiger partial charge in [0, 0.05) is 0 Å². The highest BCUT2D eigenvalue weighted by Crippen LogP contribution is 2.24. The third-order valence-electron chi connectivity index (χ3n) is 1.82. The quantitative estimate of drug-likeness (QED) is 0.736. The Labute approximate surface area is 88.9 Å². The summed E-state index contributed by atoms with van der Waals surface area (Å²) in [5, 5.41) is 0. The first-order chi connectivity index (χ1) is 6.99. The Morgan fingerprint density at radius 2 is 2.07 bits per heavy atom. The number of hydrogen-bond acceptors (Lipinski definition) is 4. The van der Waals surface area contributed by atoms with Crippen molar-refractivity contribution in [3.63, 3.8) is 0 Å². The largest absolute Gasteiger partial charge is 0.744 e. The second-order valence-corrected chi connectivity index (χ2v) is 4.21. The molecule has 0 aliphatic rings. The van der Waals surface area contributed by atoms with E-state index in [1.165, 1.54) is 19.2 Å². The summed E-state index contributed by atoms with van der Waals surface area (Å²) < 4.78 is 37.5. The molecule has 0 unspecified atom stereocenters. The number of allylic oxidation sites excluding steroid dienone is 1. The number of methoxy groups -OCH3 is 1. The first-order valence-electron chi connectivity index (χ1n) is 4.25. The van der Waals surface area contributed by atoms with Gasteiger partial charge in [-0.15, -0.1) is 0 Å². The average molecular weight is 227 g/mol. The van der Waals surface area contributed by atoms with E-state index < -0.39 is 10.1 Å². The third kappa shape index (κ3) is 2.81. The molecule has 1 aromatic rings. The molecule has 0 aliphatic carbocycles. The van der Waals surface area contributed by atoms with Gasteiger partial charge in [0.05, 0.1) is 12.0 Å². The van der Waals surface area contributed by atoms with Gasteiger partial charge in [0.25, 0.3) is 0 Å². The maximum atomic E-state index is 10.9. The molecule has 0 radical (unpaired) electrons. The molecule has 15 heavy (non-hydrogen) atoms. The van der Waals surface area contributed by atoms with Crippen LogP contribution in [-0.4, -0.2) is 20.1 Å². The van der Waals surface area contributed by atoms with E-state index in [9.17, 15) is 13.0 Å². The molecule has 5 heteroatoms. The molecule has 0 N–H and O–H groups in total. The minimum absolute atomic E-state index is 0.0678. The van der Waals surface area contributed by atoms with Crippen LogP contribution < -0.4 is 4.74 Å². The SMILES string of the molecule is CC=Cc1ccc(OC)c(S(=O)(=O)[O-])c1. The van der Waals surface area contributed by atoms with E-state index in [1.54, 1.807) is 25.1 Å². The van der Waals surface area contributed by atoms with E-state index in [4.69, 9.17) is 4.74 Å². The van der Waals surface area contributed by atoms with Gasteiger partial charge in [-0.2, -0.15) is 0 Å². The molecule has 0 fully saturated rings. The van der Waals surface area contributed by atoms with Crippen LogP contribution in [0.2, 0.25) is 0 Å². The first-order valence-corrected chi connectivity index (χ1v) is 5.66. The lowest BCUT2D eigenvalue weighted by Gasteiger charge is -2.12. The highest BCUT2D eigenvalue weighted by atomic mass is 32.2. The molecular formula is C10H11O4S-. The molecule has 0 atom stereocenters. The van der Waals surface area contributed by atoms with Gasteiger partial charge in [-0.3, -0.25) is 0 Å². The van der Waals surface area contributed by atoms with Crippen LogP contribution in [0.3, 0.4) is 0 Å². The van der Waals surface area contributed by atoms with Crippen LogP contribution >= 0.6 is 0 Å². The first kappa shape index (κ1) is 11.7. The molecule has 0 amide bonds. The van der Waals surface area contributed by atoms with Gasteiger partial charge < -0.3 is 9.29 Å². The fourth-order valence-corrected chi connectivity index (χ4v) is 1.86. The molecule has 1 aromatic carbocycles. The molecule has 0 aromatic heterocycles. The second-order valence-electron chi connectivity index (χ2n) is 2.86. The minimum atomic E-state index is -4.50. The fraction of sp³-hybridized carbons (Fsp3) is 0.200. The van der Waals surface area contributed by atoms with Crippen molar-refractivity contribution in [1.82, 2.24) is 0 Å². The van der Waals surface area contributed by atoms with Crippen LogP contribution in [-0.2, 0) is 10.1 Å². The lowest BCUT2D eigenvalue weighted by atomic mass is 10.2. The number of rotatable bonds is 3. The summed E-state index contributed by atoms with van der Waals surface area (Å²) in [4.78, 5) is -0.333. The molecule has 0 saturated carbocycles. The molecule has 0 saturated heterocycles. The zero-order chi connectivity index (χ0) is 11.5. The highest BCUT2D eigenvalue weighted by molar-refractivity contribution is 7.85. The molecule has 0 bridgehead atoms. The molecule has 1 rings (SSSR count). The standard InChI is InChI=1S/C10H12O4S/c1-3-4-8-5-6-9(14-2)10(7-8)15(11,12)13/h3-7H,1-2H3,(H,11,12,13)/p-1. The van der Waals surface area contributed by atoms with Crippen molar-refractivity contribution in [3.8, 4) is 5.75 Å². The zero-order valence-corrected chi connectivity index (χ0v) is 9.24. The summed E-state index contributed by atoms with van der Waals surface area (Å²) in [6, 6.07) is 4.43. The Morgan fingerprint density at radius 3 is 2.53 bits per heavy atom. The zero-order valence-electron chi connectivity index (χ0n) is 8.43. The predicted molar refractivity (Wildman–Crippen MR) is 55.7 cm³/mol. The van der Waals surface area contributed by atoms with E-state index in [0.717, 1.165) is 0 Å². The Bertz CT molecular complexity index is 474. The number of ether oxygens (including phenoxy) is 1. The van der Waals surface area contributed by atoms with E-state index in [0.29, 0.717) is 5.56 Å². The lowest BCUT2D eigenvalue weighted by molar-refractivity contribution is 0.395. The summed E-state index contributed by atoms with van der Waals surface area (Å²) in [5.74, 6) is 0.0678. The van der Waals surface area contributed by atoms with Crippen molar-refractivity contribution < 1.29 is 17.7 Å². The molecule has 0 heterocycles. The second kappa shape index (κ2) is 4.46. The van der Waals surface area contributed by atoms with E-state index in [-0.39, 0.29) is 10.6 Å². The maximum absolute atomic E-state index is 10.9. The number of hydrogen-bond donors (Lipinski definition) is 0. The summed E-state index contributed by atoms with van der Waals surface area (Å²) in [6.45, 7) is 1.80. The predicted octanol–water partition coefficient (Wildman–Crippen LogP) is 1.63. The Balaban J connectivity index is 3.39. The monoisotopic (exact) mass is 227 g/mol. The van der Waals surface area contributed by atoms with Crippen molar-refractivity contribution in [2.45, 2.75) is 11.8 Å². The van der Waals surface area contributed by atoms with Gasteiger partial charge in [0.15, 0.2) is 0 Å². The Morgan fingerprint density at radius 1 is 1.40 bits per heavy atom. The van der Waals surface area contributed by atoms with Crippen LogP contribution in [0.4, 0.5) is 0 Å². The summed E-state index contributed by atoms with van der Waals surface area (Å²) in [5.41, 5.74) is 0.646. The summed E-state index contributed by atoms with van der Waals surface area (Å²) >= 11 is 0. The van der Waals surface area contributed by atoms with E-state index >= 15 is 0 Å². The Hall–Kier alpha value is -1.33. The molecule has 4 nitrogen and oxygen atoms in total. The van der Waals surface area contributed by atoms with Crippen LogP contribution in [0.5, 0.6) is 5.75 Å². The molecule has 0 aliphatic heterocycles. The van der Waals surface area contributed by atoms with Crippen molar-refractivity contribution in [2.75, 3.05) is 7.11 Å². The van der Waals surface area contributed by atoms with Gasteiger partial charge in [-0.1, -0.05) is 18.2 Å². The van der Waals surface area contributed by atoms with Crippen molar-refractivity contribution in [1.29, 1.82) is 0 Å². The van der Waals surface area contributed by atoms with Crippen LogP contribution in [0.25, 0.3) is 6.08 Å². The van der Waals surface area contributed by atoms with Crippen LogP contribution in [0.15, 0.2) is 29.2 Å². The average Bonchev–Trinajstić information content (AvgIpc) is 2.17. The maximum Gasteiger partial charge on any atom is 0.136 e. The normalized spacial score (nSPS) is 11.9. The van der Waals surface area contributed by atoms with E-state index in [2.05, 4.69) is 0 Å². The topological polar surface area (TPSA) is 66.4 Å². The van der Waals surface area contributed by atoms with Gasteiger partial charge in [-0.05, 0) is 24.6 Å².